The summed E-state index contributed by atoms with van der Waals surface area (Å²) in [6.45, 7) is 4.13. The molecule has 0 radical (unpaired) electrons. The Bertz CT molecular complexity index is 1030. The number of hydrogen-bond donors (Lipinski definition) is 0. The lowest BCUT2D eigenvalue weighted by atomic mass is 9.87. The van der Waals surface area contributed by atoms with Gasteiger partial charge in [0.25, 0.3) is 0 Å². The molecule has 3 aliphatic rings. The van der Waals surface area contributed by atoms with E-state index in [9.17, 15) is 9.59 Å². The largest absolute Gasteiger partial charge is 0.312 e. The maximum Gasteiger partial charge on any atom is 0.227 e. The van der Waals surface area contributed by atoms with E-state index in [4.69, 9.17) is 11.6 Å². The molecular formula is C28H34Cl2N2O2. The highest BCUT2D eigenvalue weighted by atomic mass is 35.5. The number of hydrogen-bond acceptors (Lipinski definition) is 3. The molecule has 6 heteroatoms. The molecule has 0 unspecified atom stereocenters. The number of piperidine rings is 1. The van der Waals surface area contributed by atoms with Crippen LogP contribution < -0.4 is 4.90 Å². The van der Waals surface area contributed by atoms with Crippen LogP contribution in [0.4, 0.5) is 5.69 Å². The van der Waals surface area contributed by atoms with Gasteiger partial charge in [0.15, 0.2) is 5.78 Å². The van der Waals surface area contributed by atoms with Gasteiger partial charge in [-0.05, 0) is 105 Å². The van der Waals surface area contributed by atoms with Crippen LogP contribution in [0.1, 0.15) is 65.6 Å². The summed E-state index contributed by atoms with van der Waals surface area (Å²) in [4.78, 5) is 29.8. The second-order valence-electron chi connectivity index (χ2n) is 9.92. The molecule has 0 N–H and O–H groups in total. The van der Waals surface area contributed by atoms with Crippen LogP contribution in [0.25, 0.3) is 0 Å². The Morgan fingerprint density at radius 3 is 2.53 bits per heavy atom. The van der Waals surface area contributed by atoms with Crippen molar-refractivity contribution in [2.24, 2.45) is 5.92 Å². The van der Waals surface area contributed by atoms with E-state index < -0.39 is 0 Å². The predicted molar refractivity (Wildman–Crippen MR) is 141 cm³/mol. The smallest absolute Gasteiger partial charge is 0.227 e. The number of carbonyl (C=O) groups is 2. The van der Waals surface area contributed by atoms with E-state index in [1.807, 2.05) is 17.0 Å². The van der Waals surface area contributed by atoms with E-state index in [-0.39, 0.29) is 24.1 Å². The molecule has 0 aliphatic carbocycles. The van der Waals surface area contributed by atoms with Gasteiger partial charge in [-0.15, -0.1) is 12.4 Å². The van der Waals surface area contributed by atoms with Crippen molar-refractivity contribution in [3.63, 3.8) is 0 Å². The van der Waals surface area contributed by atoms with Gasteiger partial charge in [0, 0.05) is 36.5 Å². The first-order chi connectivity index (χ1) is 16.1. The third-order valence-corrected chi connectivity index (χ3v) is 7.92. The van der Waals surface area contributed by atoms with E-state index in [2.05, 4.69) is 29.2 Å². The minimum atomic E-state index is 0. The summed E-state index contributed by atoms with van der Waals surface area (Å²) in [6, 6.07) is 12.3. The Morgan fingerprint density at radius 2 is 1.76 bits per heavy atom. The summed E-state index contributed by atoms with van der Waals surface area (Å²) < 4.78 is 0. The van der Waals surface area contributed by atoms with E-state index in [0.29, 0.717) is 18.8 Å². The van der Waals surface area contributed by atoms with Crippen molar-refractivity contribution < 1.29 is 9.59 Å². The fourth-order valence-electron chi connectivity index (χ4n) is 5.77. The Morgan fingerprint density at radius 1 is 1.00 bits per heavy atom. The molecule has 1 amide bonds. The maximum atomic E-state index is 13.1. The van der Waals surface area contributed by atoms with Gasteiger partial charge >= 0.3 is 0 Å². The quantitative estimate of drug-likeness (QED) is 0.444. The molecule has 0 atom stereocenters. The highest BCUT2D eigenvalue weighted by Crippen LogP contribution is 2.37. The van der Waals surface area contributed by atoms with E-state index in [1.165, 1.54) is 29.5 Å². The molecule has 3 heterocycles. The number of amides is 1. The van der Waals surface area contributed by atoms with Gasteiger partial charge in [-0.3, -0.25) is 9.59 Å². The third kappa shape index (κ3) is 5.67. The first-order valence-electron chi connectivity index (χ1n) is 12.5. The standard InChI is InChI=1S/C28H33ClN2O2.ClH/c29-25-5-1-3-21(17-25)12-16-30-14-10-20(11-15-30)6-8-26(32)24-18-22-4-2-13-31-27(33)9-7-23(19-24)28(22)31;/h1,3,5,17-20H,2,4,6-16H2;1H. The van der Waals surface area contributed by atoms with Crippen LogP contribution in [-0.2, 0) is 24.1 Å². The van der Waals surface area contributed by atoms with Gasteiger partial charge in [-0.2, -0.15) is 0 Å². The number of ketones is 1. The SMILES string of the molecule is Cl.O=C(CCC1CCN(CCc2cccc(Cl)c2)CC1)c1cc2c3c(c1)CCC(=O)N3CCC2. The molecule has 34 heavy (non-hydrogen) atoms. The minimum absolute atomic E-state index is 0. The van der Waals surface area contributed by atoms with Gasteiger partial charge in [0.1, 0.15) is 0 Å². The van der Waals surface area contributed by atoms with Crippen LogP contribution in [0, 0.1) is 5.92 Å². The molecule has 0 spiro atoms. The van der Waals surface area contributed by atoms with Crippen molar-refractivity contribution in [3.8, 4) is 0 Å². The first kappa shape index (κ1) is 25.2. The van der Waals surface area contributed by atoms with Crippen molar-refractivity contribution in [1.82, 2.24) is 4.90 Å². The molecule has 1 saturated heterocycles. The Balaban J connectivity index is 0.00000274. The zero-order valence-corrected chi connectivity index (χ0v) is 21.3. The number of carbonyl (C=O) groups excluding carboxylic acids is 2. The van der Waals surface area contributed by atoms with Crippen molar-refractivity contribution in [1.29, 1.82) is 0 Å². The van der Waals surface area contributed by atoms with Crippen LogP contribution in [0.3, 0.4) is 0 Å². The molecule has 0 aromatic heterocycles. The van der Waals surface area contributed by atoms with Crippen LogP contribution in [-0.4, -0.2) is 42.8 Å². The number of benzene rings is 2. The Labute approximate surface area is 214 Å². The molecule has 1 fully saturated rings. The Hall–Kier alpha value is -1.88. The maximum absolute atomic E-state index is 13.1. The van der Waals surface area contributed by atoms with E-state index >= 15 is 0 Å². The molecule has 182 valence electrons. The molecule has 3 aliphatic heterocycles. The van der Waals surface area contributed by atoms with Crippen LogP contribution in [0.15, 0.2) is 36.4 Å². The molecule has 0 bridgehead atoms. The highest BCUT2D eigenvalue weighted by molar-refractivity contribution is 6.30. The minimum Gasteiger partial charge on any atom is -0.312 e. The summed E-state index contributed by atoms with van der Waals surface area (Å²) in [6.07, 6.45) is 8.31. The van der Waals surface area contributed by atoms with Crippen LogP contribution >= 0.6 is 24.0 Å². The van der Waals surface area contributed by atoms with Crippen LogP contribution in [0.5, 0.6) is 0 Å². The van der Waals surface area contributed by atoms with Gasteiger partial charge in [-0.1, -0.05) is 23.7 Å². The number of aryl methyl sites for hydroxylation is 2. The molecule has 4 nitrogen and oxygen atoms in total. The van der Waals surface area contributed by atoms with Crippen LogP contribution in [0.2, 0.25) is 5.02 Å². The van der Waals surface area contributed by atoms with Gasteiger partial charge < -0.3 is 9.80 Å². The number of rotatable bonds is 7. The highest BCUT2D eigenvalue weighted by Gasteiger charge is 2.30. The zero-order valence-electron chi connectivity index (χ0n) is 19.7. The molecule has 2 aromatic carbocycles. The van der Waals surface area contributed by atoms with Gasteiger partial charge in [0.05, 0.1) is 5.69 Å². The average molecular weight is 501 g/mol. The lowest BCUT2D eigenvalue weighted by Gasteiger charge is -2.35. The molecule has 5 rings (SSSR count). The summed E-state index contributed by atoms with van der Waals surface area (Å²) in [5, 5.41) is 0.810. The summed E-state index contributed by atoms with van der Waals surface area (Å²) >= 11 is 6.10. The summed E-state index contributed by atoms with van der Waals surface area (Å²) in [7, 11) is 0. The zero-order chi connectivity index (χ0) is 22.8. The summed E-state index contributed by atoms with van der Waals surface area (Å²) in [5.41, 5.74) is 5.66. The first-order valence-corrected chi connectivity index (χ1v) is 12.9. The van der Waals surface area contributed by atoms with E-state index in [1.54, 1.807) is 0 Å². The molecular weight excluding hydrogens is 467 g/mol. The predicted octanol–water partition coefficient (Wildman–Crippen LogP) is 5.90. The molecule has 0 saturated carbocycles. The van der Waals surface area contributed by atoms with Gasteiger partial charge in [0.2, 0.25) is 5.91 Å². The third-order valence-electron chi connectivity index (χ3n) is 7.69. The lowest BCUT2D eigenvalue weighted by molar-refractivity contribution is -0.119. The fourth-order valence-corrected chi connectivity index (χ4v) is 5.99. The number of nitrogens with zero attached hydrogens (tertiary/aromatic N) is 2. The second kappa shape index (κ2) is 11.2. The van der Waals surface area contributed by atoms with Crippen molar-refractivity contribution in [3.05, 3.63) is 63.7 Å². The topological polar surface area (TPSA) is 40.6 Å². The second-order valence-corrected chi connectivity index (χ2v) is 10.4. The molecule has 2 aromatic rings. The number of Topliss-reactive ketones (excluding diaryl/α,β-unsaturated/α-hetero) is 1. The normalized spacial score (nSPS) is 18.4. The van der Waals surface area contributed by atoms with Crippen molar-refractivity contribution in [2.75, 3.05) is 31.1 Å². The average Bonchev–Trinajstić information content (AvgIpc) is 2.84. The van der Waals surface area contributed by atoms with Crippen molar-refractivity contribution in [2.45, 2.75) is 57.8 Å². The Kier molecular flexibility index (Phi) is 8.34. The lowest BCUT2D eigenvalue weighted by Crippen LogP contribution is -2.39. The number of halogens is 2. The number of likely N-dealkylation sites (tertiary alicyclic amines) is 1. The van der Waals surface area contributed by atoms with Gasteiger partial charge in [-0.25, -0.2) is 0 Å². The van der Waals surface area contributed by atoms with E-state index in [0.717, 1.165) is 74.6 Å². The summed E-state index contributed by atoms with van der Waals surface area (Å²) in [5.74, 6) is 1.15. The monoisotopic (exact) mass is 500 g/mol. The number of anilines is 1. The van der Waals surface area contributed by atoms with Crippen molar-refractivity contribution >= 4 is 41.4 Å². The fraction of sp³-hybridized carbons (Fsp3) is 0.500.